The summed E-state index contributed by atoms with van der Waals surface area (Å²) in [5.41, 5.74) is 2.56. The summed E-state index contributed by atoms with van der Waals surface area (Å²) in [4.78, 5) is 12.2. The van der Waals surface area contributed by atoms with Crippen LogP contribution in [0.5, 0.6) is 5.75 Å². The zero-order chi connectivity index (χ0) is 15.4. The Balaban J connectivity index is 2.26. The molecule has 0 aliphatic rings. The van der Waals surface area contributed by atoms with Crippen molar-refractivity contribution in [2.75, 3.05) is 5.32 Å². The topological polar surface area (TPSA) is 81.9 Å². The van der Waals surface area contributed by atoms with E-state index in [-0.39, 0.29) is 11.3 Å². The second-order valence-electron chi connectivity index (χ2n) is 4.69. The molecule has 0 aliphatic carbocycles. The van der Waals surface area contributed by atoms with E-state index in [1.54, 1.807) is 56.3 Å². The maximum atomic E-state index is 12.2. The number of para-hydroxylation sites is 1. The Morgan fingerprint density at radius 3 is 2.62 bits per heavy atom. The van der Waals surface area contributed by atoms with Crippen molar-refractivity contribution in [2.24, 2.45) is 5.16 Å². The minimum atomic E-state index is -0.396. The molecule has 0 heterocycles. The fourth-order valence-electron chi connectivity index (χ4n) is 1.92. The lowest BCUT2D eigenvalue weighted by Crippen LogP contribution is -2.12. The number of carbonyl (C=O) groups excluding carboxylic acids is 1. The fourth-order valence-corrected chi connectivity index (χ4v) is 1.92. The molecular weight excluding hydrogens is 268 g/mol. The van der Waals surface area contributed by atoms with Gasteiger partial charge in [-0.25, -0.2) is 0 Å². The maximum absolute atomic E-state index is 12.2. The Labute approximate surface area is 122 Å². The maximum Gasteiger partial charge on any atom is 0.259 e. The lowest BCUT2D eigenvalue weighted by molar-refractivity contribution is 0.102. The van der Waals surface area contributed by atoms with Gasteiger partial charge in [-0.2, -0.15) is 0 Å². The summed E-state index contributed by atoms with van der Waals surface area (Å²) in [6.07, 6.45) is 0. The van der Waals surface area contributed by atoms with Crippen LogP contribution in [0.15, 0.2) is 47.6 Å². The predicted molar refractivity (Wildman–Crippen MR) is 81.2 cm³/mol. The number of nitrogens with one attached hydrogen (secondary N) is 1. The highest BCUT2D eigenvalue weighted by Crippen LogP contribution is 2.22. The molecule has 108 valence electrons. The van der Waals surface area contributed by atoms with E-state index in [0.717, 1.165) is 0 Å². The van der Waals surface area contributed by atoms with Crippen molar-refractivity contribution in [3.8, 4) is 5.75 Å². The molecule has 0 saturated heterocycles. The van der Waals surface area contributed by atoms with E-state index in [1.165, 1.54) is 0 Å². The number of phenolic OH excluding ortho intramolecular Hbond substituents is 1. The van der Waals surface area contributed by atoms with Crippen LogP contribution in [0.25, 0.3) is 0 Å². The zero-order valence-electron chi connectivity index (χ0n) is 11.8. The van der Waals surface area contributed by atoms with E-state index >= 15 is 0 Å². The van der Waals surface area contributed by atoms with Crippen LogP contribution in [-0.4, -0.2) is 21.9 Å². The van der Waals surface area contributed by atoms with E-state index in [1.807, 2.05) is 0 Å². The highest BCUT2D eigenvalue weighted by atomic mass is 16.4. The van der Waals surface area contributed by atoms with Gasteiger partial charge in [-0.05, 0) is 37.6 Å². The third kappa shape index (κ3) is 3.20. The molecule has 0 fully saturated rings. The number of rotatable bonds is 3. The Bertz CT molecular complexity index is 708. The normalized spacial score (nSPS) is 11.2. The smallest absolute Gasteiger partial charge is 0.259 e. The number of hydrogen-bond donors (Lipinski definition) is 3. The molecule has 0 radical (unpaired) electrons. The summed E-state index contributed by atoms with van der Waals surface area (Å²) in [6, 6.07) is 11.9. The van der Waals surface area contributed by atoms with Crippen molar-refractivity contribution < 1.29 is 15.1 Å². The number of nitrogens with zero attached hydrogens (tertiary/aromatic N) is 1. The number of oxime groups is 1. The van der Waals surface area contributed by atoms with Gasteiger partial charge in [0.05, 0.1) is 11.3 Å². The molecule has 0 aromatic heterocycles. The molecule has 2 rings (SSSR count). The van der Waals surface area contributed by atoms with Crippen LogP contribution >= 0.6 is 0 Å². The molecular formula is C16H16N2O3. The monoisotopic (exact) mass is 284 g/mol. The highest BCUT2D eigenvalue weighted by molar-refractivity contribution is 6.07. The van der Waals surface area contributed by atoms with E-state index in [2.05, 4.69) is 10.5 Å². The van der Waals surface area contributed by atoms with Gasteiger partial charge in [0.1, 0.15) is 5.75 Å². The van der Waals surface area contributed by atoms with Crippen molar-refractivity contribution in [1.82, 2.24) is 0 Å². The first-order chi connectivity index (χ1) is 10.0. The van der Waals surface area contributed by atoms with Crippen LogP contribution in [0.3, 0.4) is 0 Å². The third-order valence-corrected chi connectivity index (χ3v) is 3.17. The van der Waals surface area contributed by atoms with Crippen LogP contribution in [0.2, 0.25) is 0 Å². The highest BCUT2D eigenvalue weighted by Gasteiger charge is 2.13. The molecule has 21 heavy (non-hydrogen) atoms. The minimum Gasteiger partial charge on any atom is -0.507 e. The van der Waals surface area contributed by atoms with E-state index in [0.29, 0.717) is 22.5 Å². The van der Waals surface area contributed by atoms with Gasteiger partial charge >= 0.3 is 0 Å². The van der Waals surface area contributed by atoms with Gasteiger partial charge in [0.15, 0.2) is 0 Å². The van der Waals surface area contributed by atoms with Crippen molar-refractivity contribution in [3.63, 3.8) is 0 Å². The van der Waals surface area contributed by atoms with E-state index in [4.69, 9.17) is 5.21 Å². The van der Waals surface area contributed by atoms with Gasteiger partial charge in [-0.15, -0.1) is 0 Å². The number of carbonyl (C=O) groups is 1. The van der Waals surface area contributed by atoms with Crippen LogP contribution in [0, 0.1) is 6.92 Å². The number of amides is 1. The number of phenols is 1. The van der Waals surface area contributed by atoms with Gasteiger partial charge in [0.2, 0.25) is 0 Å². The van der Waals surface area contributed by atoms with Crippen molar-refractivity contribution in [1.29, 1.82) is 0 Å². The number of benzene rings is 2. The van der Waals surface area contributed by atoms with Crippen molar-refractivity contribution in [2.45, 2.75) is 13.8 Å². The summed E-state index contributed by atoms with van der Waals surface area (Å²) in [5.74, 6) is -0.425. The van der Waals surface area contributed by atoms with E-state index < -0.39 is 5.91 Å². The third-order valence-electron chi connectivity index (χ3n) is 3.17. The summed E-state index contributed by atoms with van der Waals surface area (Å²) >= 11 is 0. The van der Waals surface area contributed by atoms with E-state index in [9.17, 15) is 9.90 Å². The largest absolute Gasteiger partial charge is 0.507 e. The predicted octanol–water partition coefficient (Wildman–Crippen LogP) is 3.15. The first-order valence-corrected chi connectivity index (χ1v) is 6.42. The first-order valence-electron chi connectivity index (χ1n) is 6.42. The molecule has 3 N–H and O–H groups in total. The molecule has 5 heteroatoms. The standard InChI is InChI=1S/C16H16N2O3/c1-10-5-3-8-14(15(10)19)16(20)17-13-7-4-6-12(9-13)11(2)18-21/h3-9,19,21H,1-2H3,(H,17,20)/b18-11+. The molecule has 1 amide bonds. The first kappa shape index (κ1) is 14.6. The number of aryl methyl sites for hydroxylation is 1. The fraction of sp³-hybridized carbons (Fsp3) is 0.125. The van der Waals surface area contributed by atoms with Crippen molar-refractivity contribution >= 4 is 17.3 Å². The van der Waals surface area contributed by atoms with Crippen LogP contribution < -0.4 is 5.32 Å². The molecule has 2 aromatic carbocycles. The second kappa shape index (κ2) is 6.09. The lowest BCUT2D eigenvalue weighted by atomic mass is 10.1. The average Bonchev–Trinajstić information content (AvgIpc) is 2.49. The lowest BCUT2D eigenvalue weighted by Gasteiger charge is -2.09. The molecule has 2 aromatic rings. The van der Waals surface area contributed by atoms with Gasteiger partial charge < -0.3 is 15.6 Å². The van der Waals surface area contributed by atoms with Crippen molar-refractivity contribution in [3.05, 3.63) is 59.2 Å². The van der Waals surface area contributed by atoms with Gasteiger partial charge in [-0.3, -0.25) is 4.79 Å². The Hall–Kier alpha value is -2.82. The Morgan fingerprint density at radius 2 is 1.90 bits per heavy atom. The molecule has 0 unspecified atom stereocenters. The molecule has 0 spiro atoms. The second-order valence-corrected chi connectivity index (χ2v) is 4.69. The molecule has 5 nitrogen and oxygen atoms in total. The van der Waals surface area contributed by atoms with Crippen LogP contribution in [0.1, 0.15) is 28.4 Å². The molecule has 0 atom stereocenters. The number of aromatic hydroxyl groups is 1. The Kier molecular flexibility index (Phi) is 4.23. The van der Waals surface area contributed by atoms with Gasteiger partial charge in [0.25, 0.3) is 5.91 Å². The summed E-state index contributed by atoms with van der Waals surface area (Å²) in [6.45, 7) is 3.39. The SMILES string of the molecule is C/C(=N\O)c1cccc(NC(=O)c2cccc(C)c2O)c1. The summed E-state index contributed by atoms with van der Waals surface area (Å²) < 4.78 is 0. The average molecular weight is 284 g/mol. The zero-order valence-corrected chi connectivity index (χ0v) is 11.8. The molecule has 0 bridgehead atoms. The Morgan fingerprint density at radius 1 is 1.19 bits per heavy atom. The summed E-state index contributed by atoms with van der Waals surface area (Å²) in [5, 5.41) is 24.5. The van der Waals surface area contributed by atoms with Gasteiger partial charge in [0, 0.05) is 11.3 Å². The molecule has 0 saturated carbocycles. The van der Waals surface area contributed by atoms with Gasteiger partial charge in [-0.1, -0.05) is 29.4 Å². The minimum absolute atomic E-state index is 0.0285. The number of hydrogen-bond acceptors (Lipinski definition) is 4. The molecule has 0 aliphatic heterocycles. The number of anilines is 1. The van der Waals surface area contributed by atoms with Crippen LogP contribution in [0.4, 0.5) is 5.69 Å². The van der Waals surface area contributed by atoms with Crippen LogP contribution in [-0.2, 0) is 0 Å². The quantitative estimate of drug-likeness (QED) is 0.460. The summed E-state index contributed by atoms with van der Waals surface area (Å²) in [7, 11) is 0.